The summed E-state index contributed by atoms with van der Waals surface area (Å²) in [5.41, 5.74) is 0.720. The van der Waals surface area contributed by atoms with E-state index in [-0.39, 0.29) is 18.5 Å². The second-order valence-electron chi connectivity index (χ2n) is 2.49. The predicted molar refractivity (Wildman–Crippen MR) is 57.2 cm³/mol. The highest BCUT2D eigenvalue weighted by Gasteiger charge is 2.06. The minimum absolute atomic E-state index is 0. The standard InChI is InChI=1S/C9H8Cl2O2.H3N/c1-13-9(12)4-6-2-3-7(10)5-8(6)11;/h2-3,5H,4H2,1H3;1H3. The number of esters is 1. The van der Waals surface area contributed by atoms with Crippen LogP contribution in [0.5, 0.6) is 0 Å². The molecule has 0 saturated heterocycles. The largest absolute Gasteiger partial charge is 0.469 e. The number of halogens is 2. The van der Waals surface area contributed by atoms with E-state index in [9.17, 15) is 4.79 Å². The van der Waals surface area contributed by atoms with E-state index in [1.54, 1.807) is 18.2 Å². The van der Waals surface area contributed by atoms with Crippen molar-refractivity contribution in [2.45, 2.75) is 6.42 Å². The molecular weight excluding hydrogens is 225 g/mol. The Kier molecular flexibility index (Phi) is 5.53. The van der Waals surface area contributed by atoms with Crippen LogP contribution in [0.4, 0.5) is 0 Å². The number of ether oxygens (including phenoxy) is 1. The van der Waals surface area contributed by atoms with Gasteiger partial charge in [0.15, 0.2) is 0 Å². The van der Waals surface area contributed by atoms with Crippen LogP contribution in [0.2, 0.25) is 10.0 Å². The predicted octanol–water partition coefficient (Wildman–Crippen LogP) is 2.87. The zero-order valence-electron chi connectivity index (χ0n) is 7.72. The second kappa shape index (κ2) is 5.86. The van der Waals surface area contributed by atoms with Gasteiger partial charge in [0.2, 0.25) is 0 Å². The summed E-state index contributed by atoms with van der Waals surface area (Å²) in [5, 5.41) is 1.04. The fourth-order valence-corrected chi connectivity index (χ4v) is 1.37. The van der Waals surface area contributed by atoms with Crippen molar-refractivity contribution in [1.82, 2.24) is 6.15 Å². The van der Waals surface area contributed by atoms with Gasteiger partial charge in [-0.15, -0.1) is 0 Å². The first-order valence-corrected chi connectivity index (χ1v) is 4.40. The first kappa shape index (κ1) is 13.2. The molecule has 0 aromatic heterocycles. The number of carbonyl (C=O) groups is 1. The lowest BCUT2D eigenvalue weighted by atomic mass is 10.1. The lowest BCUT2D eigenvalue weighted by Gasteiger charge is -2.02. The summed E-state index contributed by atoms with van der Waals surface area (Å²) in [6.45, 7) is 0. The normalized spacial score (nSPS) is 9.07. The quantitative estimate of drug-likeness (QED) is 0.803. The Morgan fingerprint density at radius 1 is 1.43 bits per heavy atom. The molecule has 0 aliphatic heterocycles. The van der Waals surface area contributed by atoms with Crippen molar-refractivity contribution in [3.05, 3.63) is 33.8 Å². The minimum Gasteiger partial charge on any atom is -0.469 e. The Bertz CT molecular complexity index is 329. The molecule has 0 fully saturated rings. The second-order valence-corrected chi connectivity index (χ2v) is 3.33. The molecule has 78 valence electrons. The van der Waals surface area contributed by atoms with Crippen molar-refractivity contribution in [3.63, 3.8) is 0 Å². The lowest BCUT2D eigenvalue weighted by molar-refractivity contribution is -0.139. The third-order valence-corrected chi connectivity index (χ3v) is 2.16. The molecule has 1 aromatic carbocycles. The van der Waals surface area contributed by atoms with Crippen LogP contribution in [-0.2, 0) is 16.0 Å². The molecule has 0 radical (unpaired) electrons. The van der Waals surface area contributed by atoms with Gasteiger partial charge in [-0.3, -0.25) is 4.79 Å². The van der Waals surface area contributed by atoms with Crippen molar-refractivity contribution >= 4 is 29.2 Å². The molecular formula is C9H11Cl2NO2. The molecule has 3 N–H and O–H groups in total. The van der Waals surface area contributed by atoms with Crippen LogP contribution in [-0.4, -0.2) is 13.1 Å². The van der Waals surface area contributed by atoms with Gasteiger partial charge >= 0.3 is 5.97 Å². The van der Waals surface area contributed by atoms with E-state index in [2.05, 4.69) is 4.74 Å². The van der Waals surface area contributed by atoms with E-state index in [4.69, 9.17) is 23.2 Å². The van der Waals surface area contributed by atoms with E-state index in [1.807, 2.05) is 0 Å². The molecule has 1 rings (SSSR count). The van der Waals surface area contributed by atoms with Crippen molar-refractivity contribution < 1.29 is 9.53 Å². The van der Waals surface area contributed by atoms with Gasteiger partial charge in [0.1, 0.15) is 0 Å². The monoisotopic (exact) mass is 235 g/mol. The third kappa shape index (κ3) is 3.54. The Balaban J connectivity index is 0.00000169. The number of hydrogen-bond acceptors (Lipinski definition) is 3. The Labute approximate surface area is 92.5 Å². The van der Waals surface area contributed by atoms with Gasteiger partial charge in [0.05, 0.1) is 13.5 Å². The molecule has 14 heavy (non-hydrogen) atoms. The van der Waals surface area contributed by atoms with E-state index in [1.165, 1.54) is 7.11 Å². The number of benzene rings is 1. The summed E-state index contributed by atoms with van der Waals surface area (Å²) in [4.78, 5) is 10.9. The van der Waals surface area contributed by atoms with Crippen molar-refractivity contribution in [1.29, 1.82) is 0 Å². The summed E-state index contributed by atoms with van der Waals surface area (Å²) in [6, 6.07) is 4.99. The number of rotatable bonds is 2. The molecule has 0 bridgehead atoms. The smallest absolute Gasteiger partial charge is 0.310 e. The molecule has 0 aliphatic carbocycles. The van der Waals surface area contributed by atoms with Crippen molar-refractivity contribution in [2.75, 3.05) is 7.11 Å². The van der Waals surface area contributed by atoms with Crippen LogP contribution in [0.25, 0.3) is 0 Å². The van der Waals surface area contributed by atoms with Gasteiger partial charge in [-0.2, -0.15) is 0 Å². The molecule has 3 nitrogen and oxygen atoms in total. The van der Waals surface area contributed by atoms with Crippen LogP contribution in [0.3, 0.4) is 0 Å². The average Bonchev–Trinajstić information content (AvgIpc) is 2.09. The number of carbonyl (C=O) groups excluding carboxylic acids is 1. The van der Waals surface area contributed by atoms with Crippen molar-refractivity contribution in [2.24, 2.45) is 0 Å². The molecule has 0 atom stereocenters. The molecule has 0 heterocycles. The third-order valence-electron chi connectivity index (χ3n) is 1.58. The lowest BCUT2D eigenvalue weighted by Crippen LogP contribution is -2.04. The molecule has 0 spiro atoms. The average molecular weight is 236 g/mol. The zero-order chi connectivity index (χ0) is 9.84. The van der Waals surface area contributed by atoms with Gasteiger partial charge < -0.3 is 10.9 Å². The molecule has 0 amide bonds. The fraction of sp³-hybridized carbons (Fsp3) is 0.222. The highest BCUT2D eigenvalue weighted by atomic mass is 35.5. The minimum atomic E-state index is -0.316. The van der Waals surface area contributed by atoms with Crippen LogP contribution >= 0.6 is 23.2 Å². The molecule has 1 aromatic rings. The Morgan fingerprint density at radius 2 is 2.07 bits per heavy atom. The summed E-state index contributed by atoms with van der Waals surface area (Å²) in [5.74, 6) is -0.316. The maximum absolute atomic E-state index is 10.9. The van der Waals surface area contributed by atoms with Crippen LogP contribution in [0.15, 0.2) is 18.2 Å². The van der Waals surface area contributed by atoms with Gasteiger partial charge in [-0.1, -0.05) is 29.3 Å². The first-order chi connectivity index (χ1) is 6.13. The molecule has 0 unspecified atom stereocenters. The highest BCUT2D eigenvalue weighted by molar-refractivity contribution is 6.35. The van der Waals surface area contributed by atoms with Crippen LogP contribution in [0, 0.1) is 0 Å². The summed E-state index contributed by atoms with van der Waals surface area (Å²) in [7, 11) is 1.34. The fourth-order valence-electron chi connectivity index (χ4n) is 0.893. The van der Waals surface area contributed by atoms with Gasteiger partial charge in [-0.25, -0.2) is 0 Å². The van der Waals surface area contributed by atoms with Gasteiger partial charge in [-0.05, 0) is 17.7 Å². The maximum atomic E-state index is 10.9. The van der Waals surface area contributed by atoms with Crippen LogP contribution in [0.1, 0.15) is 5.56 Å². The Morgan fingerprint density at radius 3 is 2.57 bits per heavy atom. The first-order valence-electron chi connectivity index (χ1n) is 3.64. The topological polar surface area (TPSA) is 61.3 Å². The van der Waals surface area contributed by atoms with Crippen LogP contribution < -0.4 is 6.15 Å². The van der Waals surface area contributed by atoms with E-state index >= 15 is 0 Å². The highest BCUT2D eigenvalue weighted by Crippen LogP contribution is 2.21. The molecule has 0 saturated carbocycles. The van der Waals surface area contributed by atoms with E-state index in [0.29, 0.717) is 10.0 Å². The summed E-state index contributed by atoms with van der Waals surface area (Å²) < 4.78 is 4.51. The SMILES string of the molecule is COC(=O)Cc1ccc(Cl)cc1Cl.N. The van der Waals surface area contributed by atoms with Gasteiger partial charge in [0.25, 0.3) is 0 Å². The maximum Gasteiger partial charge on any atom is 0.310 e. The number of hydrogen-bond donors (Lipinski definition) is 1. The molecule has 5 heteroatoms. The summed E-state index contributed by atoms with van der Waals surface area (Å²) >= 11 is 11.5. The number of methoxy groups -OCH3 is 1. The van der Waals surface area contributed by atoms with Crippen molar-refractivity contribution in [3.8, 4) is 0 Å². The van der Waals surface area contributed by atoms with E-state index in [0.717, 1.165) is 5.56 Å². The van der Waals surface area contributed by atoms with E-state index < -0.39 is 0 Å². The summed E-state index contributed by atoms with van der Waals surface area (Å²) in [6.07, 6.45) is 0.173. The Hall–Kier alpha value is -0.770. The molecule has 0 aliphatic rings. The zero-order valence-corrected chi connectivity index (χ0v) is 9.23. The van der Waals surface area contributed by atoms with Gasteiger partial charge in [0, 0.05) is 10.0 Å².